The Labute approximate surface area is 280 Å². The number of amides is 4. The van der Waals surface area contributed by atoms with Crippen LogP contribution in [0.2, 0.25) is 5.02 Å². The van der Waals surface area contributed by atoms with Gasteiger partial charge in [0.15, 0.2) is 6.10 Å². The number of halogens is 4. The van der Waals surface area contributed by atoms with Crippen molar-refractivity contribution in [3.63, 3.8) is 0 Å². The number of piperazine rings is 1. The summed E-state index contributed by atoms with van der Waals surface area (Å²) in [6.45, 7) is 5.70. The predicted molar refractivity (Wildman–Crippen MR) is 172 cm³/mol. The number of carbonyl (C=O) groups is 3. The molecule has 1 aromatic heterocycles. The first-order chi connectivity index (χ1) is 22.5. The van der Waals surface area contributed by atoms with Crippen molar-refractivity contribution in [1.82, 2.24) is 24.9 Å². The van der Waals surface area contributed by atoms with Crippen LogP contribution in [-0.2, 0) is 28.7 Å². The molecule has 2 aromatic rings. The third-order valence-corrected chi connectivity index (χ3v) is 10.7. The summed E-state index contributed by atoms with van der Waals surface area (Å²) in [4.78, 5) is 47.4. The largest absolute Gasteiger partial charge is 0.436 e. The quantitative estimate of drug-likeness (QED) is 0.381. The first kappa shape index (κ1) is 33.6. The Morgan fingerprint density at radius 2 is 1.66 bits per heavy atom. The topological polar surface area (TPSA) is 123 Å². The van der Waals surface area contributed by atoms with Crippen LogP contribution in [0.3, 0.4) is 0 Å². The molecule has 4 N–H and O–H groups in total. The minimum Gasteiger partial charge on any atom is -0.436 e. The molecule has 0 radical (unpaired) electrons. The Morgan fingerprint density at radius 3 is 2.34 bits per heavy atom. The number of thiophene rings is 1. The first-order valence-corrected chi connectivity index (χ1v) is 17.3. The number of nitrogens with zero attached hydrogens (tertiary/aromatic N) is 4. The minimum absolute atomic E-state index is 0.0841. The van der Waals surface area contributed by atoms with Crippen molar-refractivity contribution in [2.24, 2.45) is 0 Å². The number of alkyl halides is 3. The van der Waals surface area contributed by atoms with Crippen molar-refractivity contribution >= 4 is 52.3 Å². The molecule has 11 nitrogen and oxygen atoms in total. The van der Waals surface area contributed by atoms with Gasteiger partial charge in [-0.2, -0.15) is 13.2 Å². The van der Waals surface area contributed by atoms with Gasteiger partial charge in [-0.05, 0) is 48.8 Å². The standard InChI is InChI=1S/C31H39ClF3N7O4S/c32-24-14-19(13-23(27(24)36)31(33,34)35)15-26(28(43)40-7-1-21(2-8-40)39-11-5-37-6-12-39)46-30(45)41-9-3-22(4-10-41)42-16-20-17-47-18-25(20)38-29(42)44/h13-14,17-18,21-22,26,37H,1-12,15-16,36H2,(H,38,44)/t26-/m1/s1. The molecule has 3 saturated heterocycles. The lowest BCUT2D eigenvalue weighted by Gasteiger charge is -2.41. The normalized spacial score (nSPS) is 20.9. The molecule has 5 heterocycles. The average molecular weight is 698 g/mol. The van der Waals surface area contributed by atoms with E-state index in [2.05, 4.69) is 15.5 Å². The Hall–Kier alpha value is -3.27. The number of fused-ring (bicyclic) bond motifs is 1. The zero-order valence-electron chi connectivity index (χ0n) is 25.9. The zero-order chi connectivity index (χ0) is 33.3. The van der Waals surface area contributed by atoms with Crippen molar-refractivity contribution in [2.75, 3.05) is 63.4 Å². The Kier molecular flexibility index (Phi) is 10.1. The lowest BCUT2D eigenvalue weighted by molar-refractivity contribution is -0.142. The number of nitrogens with two attached hydrogens (primary N) is 1. The highest BCUT2D eigenvalue weighted by Crippen LogP contribution is 2.38. The fraction of sp³-hybridized carbons (Fsp3) is 0.581. The monoisotopic (exact) mass is 697 g/mol. The van der Waals surface area contributed by atoms with E-state index < -0.39 is 35.5 Å². The van der Waals surface area contributed by atoms with E-state index in [4.69, 9.17) is 22.1 Å². The summed E-state index contributed by atoms with van der Waals surface area (Å²) in [6.07, 6.45) is -4.60. The van der Waals surface area contributed by atoms with Gasteiger partial charge in [0, 0.05) is 81.8 Å². The molecule has 4 aliphatic heterocycles. The summed E-state index contributed by atoms with van der Waals surface area (Å²) in [7, 11) is 0. The fourth-order valence-electron chi connectivity index (χ4n) is 6.97. The average Bonchev–Trinajstić information content (AvgIpc) is 3.52. The Bertz CT molecular complexity index is 1470. The highest BCUT2D eigenvalue weighted by atomic mass is 35.5. The maximum absolute atomic E-state index is 13.9. The summed E-state index contributed by atoms with van der Waals surface area (Å²) in [5, 5.41) is 9.87. The number of piperidine rings is 2. The fourth-order valence-corrected chi connectivity index (χ4v) is 7.99. The molecule has 0 spiro atoms. The number of hydrogen-bond donors (Lipinski definition) is 3. The summed E-state index contributed by atoms with van der Waals surface area (Å²) >= 11 is 7.61. The van der Waals surface area contributed by atoms with Gasteiger partial charge in [0.2, 0.25) is 0 Å². The van der Waals surface area contributed by atoms with Crippen LogP contribution in [0.15, 0.2) is 22.9 Å². The molecule has 4 aliphatic rings. The Morgan fingerprint density at radius 1 is 1.00 bits per heavy atom. The van der Waals surface area contributed by atoms with E-state index in [-0.39, 0.29) is 29.1 Å². The van der Waals surface area contributed by atoms with Crippen LogP contribution in [0.5, 0.6) is 0 Å². The van der Waals surface area contributed by atoms with Crippen molar-refractivity contribution in [1.29, 1.82) is 0 Å². The number of nitrogens with one attached hydrogen (secondary N) is 2. The second-order valence-electron chi connectivity index (χ2n) is 12.5. The smallest absolute Gasteiger partial charge is 0.418 e. The second-order valence-corrected chi connectivity index (χ2v) is 13.7. The number of nitrogen functional groups attached to an aromatic ring is 1. The molecule has 0 saturated carbocycles. The number of anilines is 2. The van der Waals surface area contributed by atoms with Crippen molar-refractivity contribution in [2.45, 2.75) is 63.0 Å². The summed E-state index contributed by atoms with van der Waals surface area (Å²) in [5.74, 6) is -0.454. The minimum atomic E-state index is -4.76. The summed E-state index contributed by atoms with van der Waals surface area (Å²) in [5.41, 5.74) is 5.89. The molecule has 1 atom stereocenters. The van der Waals surface area contributed by atoms with Gasteiger partial charge >= 0.3 is 18.3 Å². The molecule has 3 fully saturated rings. The molecule has 256 valence electrons. The summed E-state index contributed by atoms with van der Waals surface area (Å²) in [6, 6.07) is 2.22. The number of benzene rings is 1. The van der Waals surface area contributed by atoms with Crippen LogP contribution in [0.1, 0.15) is 42.4 Å². The number of rotatable bonds is 6. The number of likely N-dealkylation sites (tertiary alicyclic amines) is 2. The van der Waals surface area contributed by atoms with Gasteiger partial charge < -0.3 is 35.8 Å². The maximum atomic E-state index is 13.9. The van der Waals surface area contributed by atoms with Gasteiger partial charge in [-0.25, -0.2) is 9.59 Å². The molecule has 0 unspecified atom stereocenters. The van der Waals surface area contributed by atoms with Crippen LogP contribution in [0.4, 0.5) is 34.1 Å². The van der Waals surface area contributed by atoms with Crippen molar-refractivity contribution in [3.05, 3.63) is 44.6 Å². The molecule has 1 aromatic carbocycles. The van der Waals surface area contributed by atoms with Gasteiger partial charge in [-0.15, -0.1) is 11.3 Å². The highest BCUT2D eigenvalue weighted by molar-refractivity contribution is 7.08. The van der Waals surface area contributed by atoms with Gasteiger partial charge in [-0.1, -0.05) is 11.6 Å². The highest BCUT2D eigenvalue weighted by Gasteiger charge is 2.38. The molecular weight excluding hydrogens is 659 g/mol. The van der Waals surface area contributed by atoms with Gasteiger partial charge in [0.05, 0.1) is 28.5 Å². The molecule has 0 aliphatic carbocycles. The molecule has 4 amide bonds. The predicted octanol–water partition coefficient (Wildman–Crippen LogP) is 4.46. The van der Waals surface area contributed by atoms with E-state index in [0.29, 0.717) is 51.6 Å². The van der Waals surface area contributed by atoms with Gasteiger partial charge in [0.1, 0.15) is 0 Å². The number of hydrogen-bond acceptors (Lipinski definition) is 8. The van der Waals surface area contributed by atoms with Crippen molar-refractivity contribution < 1.29 is 32.3 Å². The van der Waals surface area contributed by atoms with Crippen LogP contribution >= 0.6 is 22.9 Å². The third kappa shape index (κ3) is 7.58. The number of ether oxygens (including phenoxy) is 1. The number of carbonyl (C=O) groups excluding carboxylic acids is 3. The lowest BCUT2D eigenvalue weighted by Crippen LogP contribution is -2.54. The molecule has 47 heavy (non-hydrogen) atoms. The summed E-state index contributed by atoms with van der Waals surface area (Å²) < 4.78 is 47.0. The van der Waals surface area contributed by atoms with Crippen molar-refractivity contribution in [3.8, 4) is 0 Å². The van der Waals surface area contributed by atoms with Crippen LogP contribution < -0.4 is 16.4 Å². The van der Waals surface area contributed by atoms with E-state index in [1.165, 1.54) is 22.3 Å². The molecule has 0 bridgehead atoms. The third-order valence-electron chi connectivity index (χ3n) is 9.63. The molecule has 6 rings (SSSR count). The lowest BCUT2D eigenvalue weighted by atomic mass is 9.99. The second kappa shape index (κ2) is 14.1. The van der Waals surface area contributed by atoms with Crippen LogP contribution in [0, 0.1) is 0 Å². The van der Waals surface area contributed by atoms with E-state index in [1.54, 1.807) is 9.80 Å². The van der Waals surface area contributed by atoms with Gasteiger partial charge in [0.25, 0.3) is 5.91 Å². The molecular formula is C31H39ClF3N7O4S. The molecule has 16 heteroatoms. The van der Waals surface area contributed by atoms with E-state index in [1.807, 2.05) is 10.8 Å². The van der Waals surface area contributed by atoms with E-state index >= 15 is 0 Å². The Balaban J connectivity index is 1.13. The van der Waals surface area contributed by atoms with Crippen LogP contribution in [0.25, 0.3) is 0 Å². The zero-order valence-corrected chi connectivity index (χ0v) is 27.4. The van der Waals surface area contributed by atoms with Crippen LogP contribution in [-0.4, -0.2) is 108 Å². The van der Waals surface area contributed by atoms with E-state index in [0.717, 1.165) is 56.3 Å². The number of urea groups is 1. The van der Waals surface area contributed by atoms with E-state index in [9.17, 15) is 27.6 Å². The van der Waals surface area contributed by atoms with Gasteiger partial charge in [-0.3, -0.25) is 9.69 Å². The maximum Gasteiger partial charge on any atom is 0.418 e. The first-order valence-electron chi connectivity index (χ1n) is 15.9. The SMILES string of the molecule is Nc1c(Cl)cc(C[C@@H](OC(=O)N2CCC(N3Cc4cscc4NC3=O)CC2)C(=O)N2CCC(N3CCNCC3)CC2)cc1C(F)(F)F.